The first-order chi connectivity index (χ1) is 13.3. The number of rotatable bonds is 7. The fourth-order valence-corrected chi connectivity index (χ4v) is 2.39. The van der Waals surface area contributed by atoms with Gasteiger partial charge in [0.2, 0.25) is 0 Å². The lowest BCUT2D eigenvalue weighted by atomic mass is 10.2. The van der Waals surface area contributed by atoms with Crippen molar-refractivity contribution in [3.05, 3.63) is 59.7 Å². The molecule has 0 aliphatic heterocycles. The Kier molecular flexibility index (Phi) is 7.77. The molecule has 2 aromatic carbocycles. The van der Waals surface area contributed by atoms with Crippen molar-refractivity contribution in [2.75, 3.05) is 25.1 Å². The lowest BCUT2D eigenvalue weighted by Gasteiger charge is -2.12. The van der Waals surface area contributed by atoms with E-state index in [0.29, 0.717) is 31.1 Å². The second-order valence-electron chi connectivity index (χ2n) is 5.56. The molecule has 150 valence electrons. The van der Waals surface area contributed by atoms with Crippen LogP contribution in [0.25, 0.3) is 0 Å². The molecule has 1 amide bonds. The Balaban J connectivity index is 1.89. The van der Waals surface area contributed by atoms with Crippen molar-refractivity contribution in [2.45, 2.75) is 13.1 Å². The van der Waals surface area contributed by atoms with Crippen LogP contribution in [0.5, 0.6) is 5.75 Å². The van der Waals surface area contributed by atoms with E-state index in [1.807, 2.05) is 6.92 Å². The second-order valence-corrected chi connectivity index (χ2v) is 5.96. The zero-order chi connectivity index (χ0) is 20.6. The third-order valence-electron chi connectivity index (χ3n) is 3.49. The highest BCUT2D eigenvalue weighted by Gasteiger charge is 2.30. The summed E-state index contributed by atoms with van der Waals surface area (Å²) >= 11 is 4.99. The van der Waals surface area contributed by atoms with Gasteiger partial charge in [0.25, 0.3) is 5.91 Å². The van der Waals surface area contributed by atoms with Crippen LogP contribution in [0.4, 0.5) is 18.9 Å². The van der Waals surface area contributed by atoms with Crippen LogP contribution in [0.1, 0.15) is 22.8 Å². The third kappa shape index (κ3) is 6.82. The Morgan fingerprint density at radius 1 is 1.11 bits per heavy atom. The molecule has 2 aromatic rings. The highest BCUT2D eigenvalue weighted by molar-refractivity contribution is 7.80. The lowest BCUT2D eigenvalue weighted by molar-refractivity contribution is -0.137. The van der Waals surface area contributed by atoms with Gasteiger partial charge < -0.3 is 14.8 Å². The number of carbonyl (C=O) groups excluding carboxylic acids is 1. The fourth-order valence-electron chi connectivity index (χ4n) is 2.18. The van der Waals surface area contributed by atoms with Crippen LogP contribution in [0.2, 0.25) is 0 Å². The summed E-state index contributed by atoms with van der Waals surface area (Å²) in [5, 5.41) is 4.88. The van der Waals surface area contributed by atoms with Crippen molar-refractivity contribution in [1.29, 1.82) is 0 Å². The van der Waals surface area contributed by atoms with E-state index in [1.165, 1.54) is 12.1 Å². The molecule has 28 heavy (non-hydrogen) atoms. The summed E-state index contributed by atoms with van der Waals surface area (Å²) < 4.78 is 48.8. The van der Waals surface area contributed by atoms with Crippen molar-refractivity contribution < 1.29 is 27.4 Å². The molecule has 0 aliphatic carbocycles. The highest BCUT2D eigenvalue weighted by Crippen LogP contribution is 2.30. The monoisotopic (exact) mass is 412 g/mol. The molecule has 0 heterocycles. The molecule has 0 fully saturated rings. The van der Waals surface area contributed by atoms with Crippen LogP contribution in [0.15, 0.2) is 48.5 Å². The molecule has 0 aromatic heterocycles. The van der Waals surface area contributed by atoms with Crippen molar-refractivity contribution in [3.8, 4) is 5.75 Å². The van der Waals surface area contributed by atoms with E-state index in [2.05, 4.69) is 10.6 Å². The molecule has 2 N–H and O–H groups in total. The van der Waals surface area contributed by atoms with Crippen LogP contribution < -0.4 is 15.4 Å². The highest BCUT2D eigenvalue weighted by atomic mass is 32.1. The smallest absolute Gasteiger partial charge is 0.416 e. The summed E-state index contributed by atoms with van der Waals surface area (Å²) in [7, 11) is 0. The molecule has 9 heteroatoms. The summed E-state index contributed by atoms with van der Waals surface area (Å²) in [6.07, 6.45) is -4.46. The van der Waals surface area contributed by atoms with Crippen molar-refractivity contribution >= 4 is 28.9 Å². The van der Waals surface area contributed by atoms with Crippen LogP contribution in [-0.2, 0) is 10.9 Å². The molecular formula is C19H19F3N2O3S. The molecule has 0 saturated heterocycles. The fraction of sp³-hybridized carbons (Fsp3) is 0.263. The standard InChI is InChI=1S/C19H19F3N2O3S/c1-2-26-10-11-27-16-8-6-13(7-9-16)17(25)24-18(28)23-15-5-3-4-14(12-15)19(20,21)22/h3-9,12H,2,10-11H2,1H3,(H2,23,24,25,28). The molecular weight excluding hydrogens is 393 g/mol. The molecule has 0 spiro atoms. The lowest BCUT2D eigenvalue weighted by Crippen LogP contribution is -2.34. The average molecular weight is 412 g/mol. The van der Waals surface area contributed by atoms with Crippen molar-refractivity contribution in [3.63, 3.8) is 0 Å². The summed E-state index contributed by atoms with van der Waals surface area (Å²) in [5.74, 6) is 0.0891. The van der Waals surface area contributed by atoms with Gasteiger partial charge in [-0.05, 0) is 61.6 Å². The van der Waals surface area contributed by atoms with Gasteiger partial charge >= 0.3 is 6.18 Å². The topological polar surface area (TPSA) is 59.6 Å². The zero-order valence-electron chi connectivity index (χ0n) is 15.0. The minimum atomic E-state index is -4.46. The first-order valence-electron chi connectivity index (χ1n) is 8.40. The van der Waals surface area contributed by atoms with Gasteiger partial charge in [0.15, 0.2) is 5.11 Å². The average Bonchev–Trinajstić information content (AvgIpc) is 2.65. The largest absolute Gasteiger partial charge is 0.491 e. The van der Waals surface area contributed by atoms with Gasteiger partial charge in [-0.15, -0.1) is 0 Å². The predicted molar refractivity (Wildman–Crippen MR) is 104 cm³/mol. The zero-order valence-corrected chi connectivity index (χ0v) is 15.8. The Labute approximate surface area is 165 Å². The number of halogens is 3. The molecule has 0 radical (unpaired) electrons. The van der Waals surface area contributed by atoms with E-state index in [-0.39, 0.29) is 10.8 Å². The van der Waals surface area contributed by atoms with Crippen LogP contribution in [-0.4, -0.2) is 30.8 Å². The summed E-state index contributed by atoms with van der Waals surface area (Å²) in [6, 6.07) is 10.9. The number of benzene rings is 2. The molecule has 0 atom stereocenters. The van der Waals surface area contributed by atoms with E-state index in [1.54, 1.807) is 24.3 Å². The van der Waals surface area contributed by atoms with Gasteiger partial charge in [-0.1, -0.05) is 6.07 Å². The predicted octanol–water partition coefficient (Wildman–Crippen LogP) is 4.25. The minimum absolute atomic E-state index is 0.110. The number of alkyl halides is 3. The molecule has 0 saturated carbocycles. The van der Waals surface area contributed by atoms with Gasteiger partial charge in [-0.25, -0.2) is 0 Å². The molecule has 2 rings (SSSR count). The summed E-state index contributed by atoms with van der Waals surface area (Å²) in [6.45, 7) is 3.36. The number of anilines is 1. The van der Waals surface area contributed by atoms with E-state index >= 15 is 0 Å². The Morgan fingerprint density at radius 2 is 1.82 bits per heavy atom. The van der Waals surface area contributed by atoms with Gasteiger partial charge in [0.1, 0.15) is 12.4 Å². The van der Waals surface area contributed by atoms with Crippen molar-refractivity contribution in [2.24, 2.45) is 0 Å². The number of nitrogens with one attached hydrogen (secondary N) is 2. The van der Waals surface area contributed by atoms with E-state index < -0.39 is 17.6 Å². The van der Waals surface area contributed by atoms with Gasteiger partial charge in [0, 0.05) is 17.9 Å². The van der Waals surface area contributed by atoms with Gasteiger partial charge in [-0.3, -0.25) is 10.1 Å². The van der Waals surface area contributed by atoms with E-state index in [0.717, 1.165) is 12.1 Å². The van der Waals surface area contributed by atoms with Gasteiger partial charge in [-0.2, -0.15) is 13.2 Å². The molecule has 5 nitrogen and oxygen atoms in total. The van der Waals surface area contributed by atoms with Crippen LogP contribution >= 0.6 is 12.2 Å². The first-order valence-corrected chi connectivity index (χ1v) is 8.80. The maximum atomic E-state index is 12.7. The Bertz CT molecular complexity index is 811. The van der Waals surface area contributed by atoms with Crippen LogP contribution in [0, 0.1) is 0 Å². The number of hydrogen-bond donors (Lipinski definition) is 2. The molecule has 0 bridgehead atoms. The number of carbonyl (C=O) groups is 1. The quantitative estimate of drug-likeness (QED) is 0.526. The summed E-state index contributed by atoms with van der Waals surface area (Å²) in [5.41, 5.74) is -0.366. The number of hydrogen-bond acceptors (Lipinski definition) is 4. The second kappa shape index (κ2) is 10.0. The summed E-state index contributed by atoms with van der Waals surface area (Å²) in [4.78, 5) is 12.2. The number of thiocarbonyl (C=S) groups is 1. The van der Waals surface area contributed by atoms with E-state index in [4.69, 9.17) is 21.7 Å². The number of amides is 1. The Morgan fingerprint density at radius 3 is 2.46 bits per heavy atom. The van der Waals surface area contributed by atoms with Gasteiger partial charge in [0.05, 0.1) is 12.2 Å². The third-order valence-corrected chi connectivity index (χ3v) is 3.70. The normalized spacial score (nSPS) is 11.0. The minimum Gasteiger partial charge on any atom is -0.491 e. The Hall–Kier alpha value is -2.65. The maximum absolute atomic E-state index is 12.7. The first kappa shape index (κ1) is 21.6. The molecule has 0 aliphatic rings. The van der Waals surface area contributed by atoms with E-state index in [9.17, 15) is 18.0 Å². The van der Waals surface area contributed by atoms with Crippen LogP contribution in [0.3, 0.4) is 0 Å². The number of ether oxygens (including phenoxy) is 2. The molecule has 0 unspecified atom stereocenters. The maximum Gasteiger partial charge on any atom is 0.416 e. The SMILES string of the molecule is CCOCCOc1ccc(C(=O)NC(=S)Nc2cccc(C(F)(F)F)c2)cc1. The van der Waals surface area contributed by atoms with Crippen molar-refractivity contribution in [1.82, 2.24) is 5.32 Å².